The largest absolute Gasteiger partial charge is 1.00 e. The van der Waals surface area contributed by atoms with Crippen LogP contribution in [0.5, 0.6) is 0 Å². The van der Waals surface area contributed by atoms with Gasteiger partial charge < -0.3 is 4.41 Å². The molecule has 0 amide bonds. The summed E-state index contributed by atoms with van der Waals surface area (Å²) in [4.78, 5) is 0. The number of benzene rings is 4. The molecule has 0 spiro atoms. The molecule has 0 aliphatic rings. The van der Waals surface area contributed by atoms with Crippen LogP contribution in [-0.4, -0.2) is 8.24 Å². The third-order valence-corrected chi connectivity index (χ3v) is 18.1. The predicted octanol–water partition coefficient (Wildman–Crippen LogP) is 3.93. The average Bonchev–Trinajstić information content (AvgIpc) is 2.85. The van der Waals surface area contributed by atoms with E-state index in [1.807, 2.05) is 0 Å². The van der Waals surface area contributed by atoms with Crippen molar-refractivity contribution < 1.29 is 51.4 Å². The molecule has 0 aliphatic carbocycles. The molecule has 0 aliphatic heterocycles. The van der Waals surface area contributed by atoms with Crippen LogP contribution in [0, 0.1) is 5.90 Å². The summed E-state index contributed by atoms with van der Waals surface area (Å²) in [7, 11) is -4.11. The molecule has 1 nitrogen and oxygen atoms in total. The van der Waals surface area contributed by atoms with Gasteiger partial charge in [0.1, 0.15) is 0 Å². The fraction of sp³-hybridized carbons (Fsp3) is 0.107. The van der Waals surface area contributed by atoms with Gasteiger partial charge in [-0.15, -0.1) is 24.9 Å². The molecular weight excluding hydrogens is 512 g/mol. The van der Waals surface area contributed by atoms with E-state index < -0.39 is 21.3 Å². The topological polar surface area (TPSA) is 12.4 Å². The van der Waals surface area contributed by atoms with Gasteiger partial charge >= 0.3 is 51.4 Å². The Morgan fingerprint density at radius 1 is 0.559 bits per heavy atom. The van der Waals surface area contributed by atoms with Crippen molar-refractivity contribution in [3.05, 3.63) is 127 Å². The van der Waals surface area contributed by atoms with Crippen molar-refractivity contribution in [2.45, 2.75) is 19.6 Å². The maximum absolute atomic E-state index is 6.71. The summed E-state index contributed by atoms with van der Waals surface area (Å²) in [6, 6.07) is 40.8. The van der Waals surface area contributed by atoms with Gasteiger partial charge in [-0.3, -0.25) is 0 Å². The van der Waals surface area contributed by atoms with Crippen molar-refractivity contribution in [3.8, 4) is 0 Å². The van der Waals surface area contributed by atoms with E-state index in [0.29, 0.717) is 0 Å². The molecule has 4 aromatic carbocycles. The number of hydrogen-bond donors (Lipinski definition) is 0. The molecule has 34 heavy (non-hydrogen) atoms. The third-order valence-electron chi connectivity index (χ3n) is 5.37. The first kappa shape index (κ1) is 28.2. The Hall–Kier alpha value is -0.387. The second kappa shape index (κ2) is 12.2. The van der Waals surface area contributed by atoms with Crippen LogP contribution in [-0.2, 0) is 11.8 Å². The van der Waals surface area contributed by atoms with Crippen molar-refractivity contribution in [1.29, 1.82) is 0 Å². The Balaban J connectivity index is 0.00000324. The zero-order valence-electron chi connectivity index (χ0n) is 20.4. The maximum atomic E-state index is 6.71. The van der Waals surface area contributed by atoms with Crippen LogP contribution in [0.1, 0.15) is 0 Å². The second-order valence-corrected chi connectivity index (χ2v) is 21.6. The summed E-state index contributed by atoms with van der Waals surface area (Å²) in [6.45, 7) is 6.99. The molecule has 0 saturated heterocycles. The average molecular weight is 542 g/mol. The Bertz CT molecular complexity index is 1210. The van der Waals surface area contributed by atoms with E-state index in [0.717, 1.165) is 0 Å². The molecule has 0 heterocycles. The number of rotatable bonds is 7. The molecule has 0 bridgehead atoms. The molecule has 0 atom stereocenters. The van der Waals surface area contributed by atoms with E-state index in [1.165, 1.54) is 21.2 Å². The van der Waals surface area contributed by atoms with Gasteiger partial charge in [0.2, 0.25) is 0 Å². The minimum atomic E-state index is -2.28. The molecule has 4 aromatic rings. The van der Waals surface area contributed by atoms with E-state index in [1.54, 1.807) is 0 Å². The first-order valence-electron chi connectivity index (χ1n) is 11.2. The molecule has 168 valence electrons. The van der Waals surface area contributed by atoms with Crippen LogP contribution in [0.3, 0.4) is 0 Å². The van der Waals surface area contributed by atoms with Crippen LogP contribution >= 0.6 is 13.1 Å². The first-order valence-corrected chi connectivity index (χ1v) is 19.3. The Morgan fingerprint density at radius 3 is 1.15 bits per heavy atom. The van der Waals surface area contributed by atoms with Gasteiger partial charge in [-0.25, -0.2) is 5.90 Å². The van der Waals surface area contributed by atoms with Crippen molar-refractivity contribution in [3.63, 3.8) is 0 Å². The number of hydrogen-bond acceptors (Lipinski definition) is 2. The molecule has 0 N–H and O–H groups in total. The Labute approximate surface area is 254 Å². The fourth-order valence-electron chi connectivity index (χ4n) is 4.02. The second-order valence-electron chi connectivity index (χ2n) is 9.07. The van der Waals surface area contributed by atoms with Gasteiger partial charge in [0, 0.05) is 0 Å². The summed E-state index contributed by atoms with van der Waals surface area (Å²) in [5.41, 5.74) is 0. The standard InChI is InChI=1S/C28H30NP2SSi.K/c1-33(2,3)29-30(25-16-8-4-9-17-25,26-18-10-5-11-19-26)24-31(32,27-20-12-6-13-21-27)28-22-14-7-15-23-28;/h4-24H,1-3H3;/q-1;+1. The minimum absolute atomic E-state index is 0. The van der Waals surface area contributed by atoms with E-state index in [-0.39, 0.29) is 51.4 Å². The summed E-state index contributed by atoms with van der Waals surface area (Å²) < 4.78 is 5.77. The first-order chi connectivity index (χ1) is 15.8. The third kappa shape index (κ3) is 6.48. The summed E-state index contributed by atoms with van der Waals surface area (Å²) in [5, 5.41) is 4.99. The van der Waals surface area contributed by atoms with Crippen molar-refractivity contribution in [1.82, 2.24) is 0 Å². The summed E-state index contributed by atoms with van der Waals surface area (Å²) in [5.74, 6) is 2.53. The van der Waals surface area contributed by atoms with Gasteiger partial charge in [-0.05, 0) is 21.2 Å². The van der Waals surface area contributed by atoms with Gasteiger partial charge in [-0.1, -0.05) is 141 Å². The smallest absolute Gasteiger partial charge is 0.359 e. The van der Waals surface area contributed by atoms with Crippen molar-refractivity contribution >= 4 is 54.4 Å². The SMILES string of the molecule is C[Si](C)(C)N=P([CH-]P(=S)(c1ccccc1)c1ccccc1)(c1ccccc1)c1ccccc1.[K+]. The van der Waals surface area contributed by atoms with Crippen molar-refractivity contribution in [2.75, 3.05) is 0 Å². The fourth-order valence-corrected chi connectivity index (χ4v) is 18.5. The Kier molecular flexibility index (Phi) is 10.1. The van der Waals surface area contributed by atoms with Crippen molar-refractivity contribution in [2.24, 2.45) is 4.41 Å². The maximum Gasteiger partial charge on any atom is 1.00 e. The van der Waals surface area contributed by atoms with Gasteiger partial charge in [0.05, 0.1) is 0 Å². The van der Waals surface area contributed by atoms with E-state index >= 15 is 0 Å². The van der Waals surface area contributed by atoms with Crippen LogP contribution in [0.25, 0.3) is 0 Å². The van der Waals surface area contributed by atoms with E-state index in [4.69, 9.17) is 16.2 Å². The normalized spacial score (nSPS) is 12.0. The summed E-state index contributed by atoms with van der Waals surface area (Å²) in [6.07, 6.45) is 0. The van der Waals surface area contributed by atoms with E-state index in [9.17, 15) is 0 Å². The molecule has 0 unspecified atom stereocenters. The molecular formula is C28H30KNP2SSi. The molecule has 0 aromatic heterocycles. The van der Waals surface area contributed by atoms with Gasteiger partial charge in [0.25, 0.3) is 0 Å². The molecule has 0 saturated carbocycles. The monoisotopic (exact) mass is 541 g/mol. The Morgan fingerprint density at radius 2 is 0.853 bits per heavy atom. The minimum Gasteiger partial charge on any atom is -0.359 e. The number of nitrogens with zero attached hydrogens (tertiary/aromatic N) is 1. The summed E-state index contributed by atoms with van der Waals surface area (Å²) >= 11 is 6.71. The van der Waals surface area contributed by atoms with Crippen LogP contribution < -0.4 is 72.6 Å². The zero-order valence-corrected chi connectivity index (χ0v) is 27.1. The molecule has 0 radical (unpaired) electrons. The molecule has 4 rings (SSSR count). The molecule has 6 heteroatoms. The van der Waals surface area contributed by atoms with Crippen LogP contribution in [0.2, 0.25) is 19.6 Å². The van der Waals surface area contributed by atoms with Gasteiger partial charge in [-0.2, -0.15) is 0 Å². The predicted molar refractivity (Wildman–Crippen MR) is 156 cm³/mol. The van der Waals surface area contributed by atoms with Crippen LogP contribution in [0.15, 0.2) is 126 Å². The van der Waals surface area contributed by atoms with E-state index in [2.05, 4.69) is 147 Å². The van der Waals surface area contributed by atoms with Gasteiger partial charge in [0.15, 0.2) is 8.24 Å². The quantitative estimate of drug-likeness (QED) is 0.196. The molecule has 0 fully saturated rings. The zero-order chi connectivity index (χ0) is 23.4. The van der Waals surface area contributed by atoms with Crippen LogP contribution in [0.4, 0.5) is 0 Å².